The molecule has 0 unspecified atom stereocenters. The van der Waals surface area contributed by atoms with Crippen LogP contribution in [0.3, 0.4) is 0 Å². The van der Waals surface area contributed by atoms with Crippen LogP contribution in [0.2, 0.25) is 0 Å². The molecule has 0 saturated heterocycles. The van der Waals surface area contributed by atoms with Gasteiger partial charge in [-0.1, -0.05) is 0 Å². The molecule has 0 saturated carbocycles. The van der Waals surface area contributed by atoms with Gasteiger partial charge in [0.1, 0.15) is 5.82 Å². The van der Waals surface area contributed by atoms with Crippen LogP contribution in [0.1, 0.15) is 12.2 Å². The zero-order valence-corrected chi connectivity index (χ0v) is 9.21. The van der Waals surface area contributed by atoms with Crippen LogP contribution in [0.5, 0.6) is 0 Å². The minimum atomic E-state index is -4.61. The summed E-state index contributed by atoms with van der Waals surface area (Å²) in [7, 11) is 0. The largest absolute Gasteiger partial charge is 0.449 e. The fourth-order valence-electron chi connectivity index (χ4n) is 1.77. The number of aryl methyl sites for hydroxylation is 1. The van der Waals surface area contributed by atoms with Gasteiger partial charge in [0, 0.05) is 19.2 Å². The Morgan fingerprint density at radius 1 is 1.28 bits per heavy atom. The van der Waals surface area contributed by atoms with Crippen LogP contribution in [0.25, 0.3) is 11.0 Å². The minimum Gasteiger partial charge on any atom is -0.396 e. The second-order valence-corrected chi connectivity index (χ2v) is 3.80. The minimum absolute atomic E-state index is 0.0204. The maximum absolute atomic E-state index is 13.0. The van der Waals surface area contributed by atoms with Gasteiger partial charge in [-0.3, -0.25) is 0 Å². The maximum Gasteiger partial charge on any atom is 0.449 e. The summed E-state index contributed by atoms with van der Waals surface area (Å²) in [6.07, 6.45) is -4.43. The van der Waals surface area contributed by atoms with E-state index in [2.05, 4.69) is 4.98 Å². The van der Waals surface area contributed by atoms with E-state index in [0.29, 0.717) is 0 Å². The number of fused-ring (bicyclic) bond motifs is 1. The highest BCUT2D eigenvalue weighted by molar-refractivity contribution is 5.76. The molecule has 0 bridgehead atoms. The lowest BCUT2D eigenvalue weighted by atomic mass is 10.3. The number of nitrogens with zero attached hydrogens (tertiary/aromatic N) is 2. The van der Waals surface area contributed by atoms with Gasteiger partial charge in [0.15, 0.2) is 0 Å². The number of rotatable bonds is 3. The molecule has 1 N–H and O–H groups in total. The first-order valence-electron chi connectivity index (χ1n) is 5.27. The van der Waals surface area contributed by atoms with Crippen molar-refractivity contribution in [1.82, 2.24) is 9.55 Å². The molecule has 3 nitrogen and oxygen atoms in total. The molecule has 0 amide bonds. The molecule has 18 heavy (non-hydrogen) atoms. The molecule has 7 heteroatoms. The standard InChI is InChI=1S/C11H10F4N2O/c12-7-2-3-9-8(6-7)16-10(11(13,14)15)17(9)4-1-5-18/h2-3,6,18H,1,4-5H2. The van der Waals surface area contributed by atoms with Crippen molar-refractivity contribution in [2.45, 2.75) is 19.1 Å². The molecule has 1 heterocycles. The first kappa shape index (κ1) is 12.8. The number of aromatic nitrogens is 2. The second kappa shape index (κ2) is 4.56. The van der Waals surface area contributed by atoms with Gasteiger partial charge in [0.25, 0.3) is 0 Å². The summed E-state index contributed by atoms with van der Waals surface area (Å²) in [6.45, 7) is -0.244. The quantitative estimate of drug-likeness (QED) is 0.863. The zero-order valence-electron chi connectivity index (χ0n) is 9.21. The number of aliphatic hydroxyl groups is 1. The fraction of sp³-hybridized carbons (Fsp3) is 0.364. The molecule has 1 aromatic heterocycles. The smallest absolute Gasteiger partial charge is 0.396 e. The van der Waals surface area contributed by atoms with E-state index in [4.69, 9.17) is 5.11 Å². The molecular weight excluding hydrogens is 252 g/mol. The average molecular weight is 262 g/mol. The van der Waals surface area contributed by atoms with E-state index in [-0.39, 0.29) is 30.6 Å². The Kier molecular flexibility index (Phi) is 3.25. The van der Waals surface area contributed by atoms with Crippen molar-refractivity contribution < 1.29 is 22.7 Å². The van der Waals surface area contributed by atoms with Crippen LogP contribution in [-0.2, 0) is 12.7 Å². The first-order chi connectivity index (χ1) is 8.43. The summed E-state index contributed by atoms with van der Waals surface area (Å²) in [6, 6.07) is 3.30. The third-order valence-corrected chi connectivity index (χ3v) is 2.50. The van der Waals surface area contributed by atoms with Crippen LogP contribution >= 0.6 is 0 Å². The van der Waals surface area contributed by atoms with Gasteiger partial charge in [-0.05, 0) is 18.6 Å². The van der Waals surface area contributed by atoms with Crippen LogP contribution in [0, 0.1) is 5.82 Å². The van der Waals surface area contributed by atoms with Gasteiger partial charge in [-0.2, -0.15) is 13.2 Å². The van der Waals surface area contributed by atoms with E-state index in [1.165, 1.54) is 6.07 Å². The summed E-state index contributed by atoms with van der Waals surface area (Å²) < 4.78 is 52.2. The summed E-state index contributed by atoms with van der Waals surface area (Å²) in [4.78, 5) is 3.41. The Hall–Kier alpha value is -1.63. The van der Waals surface area contributed by atoms with Gasteiger partial charge < -0.3 is 9.67 Å². The number of aliphatic hydroxyl groups excluding tert-OH is 1. The van der Waals surface area contributed by atoms with E-state index in [9.17, 15) is 17.6 Å². The summed E-state index contributed by atoms with van der Waals surface area (Å²) >= 11 is 0. The topological polar surface area (TPSA) is 38.0 Å². The van der Waals surface area contributed by atoms with E-state index in [1.807, 2.05) is 0 Å². The molecular formula is C11H10F4N2O. The molecule has 0 radical (unpaired) electrons. The third-order valence-electron chi connectivity index (χ3n) is 2.50. The van der Waals surface area contributed by atoms with Crippen LogP contribution < -0.4 is 0 Å². The maximum atomic E-state index is 13.0. The lowest BCUT2D eigenvalue weighted by Gasteiger charge is -2.10. The molecule has 0 spiro atoms. The van der Waals surface area contributed by atoms with Crippen molar-refractivity contribution in [2.24, 2.45) is 0 Å². The number of halogens is 4. The molecule has 0 aliphatic heterocycles. The SMILES string of the molecule is OCCCn1c(C(F)(F)F)nc2cc(F)ccc21. The number of hydrogen-bond acceptors (Lipinski definition) is 2. The van der Waals surface area contributed by atoms with Crippen molar-refractivity contribution in [2.75, 3.05) is 6.61 Å². The molecule has 2 aromatic rings. The molecule has 0 aliphatic carbocycles. The van der Waals surface area contributed by atoms with Gasteiger partial charge >= 0.3 is 6.18 Å². The Balaban J connectivity index is 2.60. The molecule has 2 rings (SSSR count). The molecule has 98 valence electrons. The van der Waals surface area contributed by atoms with E-state index < -0.39 is 17.8 Å². The van der Waals surface area contributed by atoms with Crippen molar-refractivity contribution >= 4 is 11.0 Å². The Labute approximate surface area is 99.7 Å². The summed E-state index contributed by atoms with van der Waals surface area (Å²) in [5.41, 5.74) is 0.164. The van der Waals surface area contributed by atoms with E-state index >= 15 is 0 Å². The second-order valence-electron chi connectivity index (χ2n) is 3.80. The van der Waals surface area contributed by atoms with Gasteiger partial charge in [-0.25, -0.2) is 9.37 Å². The predicted octanol–water partition coefficient (Wildman–Crippen LogP) is 2.58. The van der Waals surface area contributed by atoms with Gasteiger partial charge in [0.05, 0.1) is 11.0 Å². The Morgan fingerprint density at radius 3 is 2.61 bits per heavy atom. The normalized spacial score (nSPS) is 12.3. The first-order valence-corrected chi connectivity index (χ1v) is 5.27. The summed E-state index contributed by atoms with van der Waals surface area (Å²) in [5, 5.41) is 8.70. The van der Waals surface area contributed by atoms with Crippen LogP contribution in [0.4, 0.5) is 17.6 Å². The lowest BCUT2D eigenvalue weighted by molar-refractivity contribution is -0.147. The molecule has 0 atom stereocenters. The van der Waals surface area contributed by atoms with Crippen LogP contribution in [0.15, 0.2) is 18.2 Å². The van der Waals surface area contributed by atoms with E-state index in [0.717, 1.165) is 16.7 Å². The van der Waals surface area contributed by atoms with Crippen molar-refractivity contribution in [1.29, 1.82) is 0 Å². The van der Waals surface area contributed by atoms with Crippen LogP contribution in [-0.4, -0.2) is 21.3 Å². The average Bonchev–Trinajstić information content (AvgIpc) is 2.63. The number of hydrogen-bond donors (Lipinski definition) is 1. The van der Waals surface area contributed by atoms with Gasteiger partial charge in [-0.15, -0.1) is 0 Å². The molecule has 1 aromatic carbocycles. The van der Waals surface area contributed by atoms with Crippen molar-refractivity contribution in [3.8, 4) is 0 Å². The van der Waals surface area contributed by atoms with Crippen molar-refractivity contribution in [3.63, 3.8) is 0 Å². The monoisotopic (exact) mass is 262 g/mol. The lowest BCUT2D eigenvalue weighted by Crippen LogP contribution is -2.15. The number of alkyl halides is 3. The zero-order chi connectivity index (χ0) is 13.3. The highest BCUT2D eigenvalue weighted by Gasteiger charge is 2.37. The number of benzene rings is 1. The Morgan fingerprint density at radius 2 is 2.00 bits per heavy atom. The highest BCUT2D eigenvalue weighted by Crippen LogP contribution is 2.31. The molecule has 0 aliphatic rings. The molecule has 0 fully saturated rings. The summed E-state index contributed by atoms with van der Waals surface area (Å²) in [5.74, 6) is -1.71. The highest BCUT2D eigenvalue weighted by atomic mass is 19.4. The van der Waals surface area contributed by atoms with E-state index in [1.54, 1.807) is 0 Å². The predicted molar refractivity (Wildman–Crippen MR) is 56.4 cm³/mol. The Bertz CT molecular complexity index is 562. The third kappa shape index (κ3) is 2.31. The van der Waals surface area contributed by atoms with Crippen molar-refractivity contribution in [3.05, 3.63) is 29.8 Å². The van der Waals surface area contributed by atoms with Gasteiger partial charge in [0.2, 0.25) is 5.82 Å². The number of imidazole rings is 1. The fourth-order valence-corrected chi connectivity index (χ4v) is 1.77.